The number of nitrogen functional groups attached to an aromatic ring is 1. The molecule has 0 saturated carbocycles. The zero-order chi connectivity index (χ0) is 12.9. The largest absolute Gasteiger partial charge is 0.398 e. The highest BCUT2D eigenvalue weighted by Crippen LogP contribution is 2.16. The van der Waals surface area contributed by atoms with Gasteiger partial charge in [-0.1, -0.05) is 18.2 Å². The lowest BCUT2D eigenvalue weighted by Gasteiger charge is -2.26. The van der Waals surface area contributed by atoms with Gasteiger partial charge in [0.2, 0.25) is 0 Å². The average molecular weight is 236 g/mol. The van der Waals surface area contributed by atoms with Gasteiger partial charge in [0.05, 0.1) is 5.60 Å². The van der Waals surface area contributed by atoms with E-state index in [0.717, 1.165) is 25.2 Å². The smallest absolute Gasteiger partial charge is 0.0634 e. The maximum atomic E-state index is 5.93. The molecule has 1 aromatic rings. The summed E-state index contributed by atoms with van der Waals surface area (Å²) in [6.07, 6.45) is 1.01. The molecule has 0 bridgehead atoms. The Balaban J connectivity index is 2.45. The molecule has 0 aromatic heterocycles. The zero-order valence-electron chi connectivity index (χ0n) is 11.4. The molecular weight excluding hydrogens is 212 g/mol. The number of rotatable bonds is 6. The molecule has 0 fully saturated rings. The van der Waals surface area contributed by atoms with E-state index in [-0.39, 0.29) is 5.60 Å². The Morgan fingerprint density at radius 1 is 1.29 bits per heavy atom. The minimum Gasteiger partial charge on any atom is -0.398 e. The molecule has 0 atom stereocenters. The first kappa shape index (κ1) is 14.0. The van der Waals surface area contributed by atoms with Crippen molar-refractivity contribution < 1.29 is 4.74 Å². The van der Waals surface area contributed by atoms with E-state index in [9.17, 15) is 0 Å². The molecular formula is C14H24N2O. The fraction of sp³-hybridized carbons (Fsp3) is 0.571. The van der Waals surface area contributed by atoms with E-state index in [0.29, 0.717) is 0 Å². The molecule has 2 N–H and O–H groups in total. The molecule has 3 nitrogen and oxygen atoms in total. The summed E-state index contributed by atoms with van der Waals surface area (Å²) in [6, 6.07) is 8.01. The van der Waals surface area contributed by atoms with E-state index < -0.39 is 0 Å². The minimum absolute atomic E-state index is 0.0590. The van der Waals surface area contributed by atoms with Crippen LogP contribution in [0.15, 0.2) is 24.3 Å². The average Bonchev–Trinajstić information content (AvgIpc) is 2.30. The number of benzene rings is 1. The summed E-state index contributed by atoms with van der Waals surface area (Å²) in [6.45, 7) is 6.09. The third kappa shape index (κ3) is 4.75. The van der Waals surface area contributed by atoms with E-state index in [1.165, 1.54) is 5.56 Å². The van der Waals surface area contributed by atoms with E-state index in [2.05, 4.69) is 31.9 Å². The summed E-state index contributed by atoms with van der Waals surface area (Å²) in [7, 11) is 3.87. The summed E-state index contributed by atoms with van der Waals surface area (Å²) in [4.78, 5) is 2.27. The molecule has 0 aliphatic rings. The highest BCUT2D eigenvalue weighted by Gasteiger charge is 2.16. The van der Waals surface area contributed by atoms with Gasteiger partial charge in [-0.15, -0.1) is 0 Å². The fourth-order valence-corrected chi connectivity index (χ4v) is 1.61. The number of nitrogens with zero attached hydrogens (tertiary/aromatic N) is 1. The van der Waals surface area contributed by atoms with Gasteiger partial charge in [0.25, 0.3) is 0 Å². The fourth-order valence-electron chi connectivity index (χ4n) is 1.61. The summed E-state index contributed by atoms with van der Waals surface area (Å²) in [5, 5.41) is 0. The summed E-state index contributed by atoms with van der Waals surface area (Å²) >= 11 is 0. The number of ether oxygens (including phenoxy) is 1. The lowest BCUT2D eigenvalue weighted by Crippen LogP contribution is -2.30. The first-order valence-electron chi connectivity index (χ1n) is 6.02. The third-order valence-electron chi connectivity index (χ3n) is 3.14. The van der Waals surface area contributed by atoms with Crippen molar-refractivity contribution in [2.75, 3.05) is 26.4 Å². The lowest BCUT2D eigenvalue weighted by atomic mass is 10.0. The normalized spacial score (nSPS) is 12.1. The Labute approximate surface area is 105 Å². The van der Waals surface area contributed by atoms with Crippen molar-refractivity contribution in [3.05, 3.63) is 29.8 Å². The number of hydrogen-bond acceptors (Lipinski definition) is 3. The Kier molecular flexibility index (Phi) is 4.97. The van der Waals surface area contributed by atoms with Crippen LogP contribution < -0.4 is 5.73 Å². The maximum absolute atomic E-state index is 5.93. The van der Waals surface area contributed by atoms with Crippen LogP contribution in [0.25, 0.3) is 0 Å². The second-order valence-corrected chi connectivity index (χ2v) is 5.15. The van der Waals surface area contributed by atoms with E-state index >= 15 is 0 Å². The molecule has 0 heterocycles. The van der Waals surface area contributed by atoms with Crippen molar-refractivity contribution in [3.8, 4) is 0 Å². The van der Waals surface area contributed by atoms with Gasteiger partial charge in [-0.05, 0) is 38.9 Å². The molecule has 3 heteroatoms. The van der Waals surface area contributed by atoms with Crippen molar-refractivity contribution in [2.45, 2.75) is 32.4 Å². The Morgan fingerprint density at radius 2 is 1.94 bits per heavy atom. The van der Waals surface area contributed by atoms with Crippen molar-refractivity contribution in [1.82, 2.24) is 4.90 Å². The van der Waals surface area contributed by atoms with E-state index in [1.54, 1.807) is 7.11 Å². The minimum atomic E-state index is -0.0590. The molecule has 1 rings (SSSR count). The third-order valence-corrected chi connectivity index (χ3v) is 3.14. The SMILES string of the molecule is COC(C)(C)CCN(C)Cc1ccccc1N. The lowest BCUT2D eigenvalue weighted by molar-refractivity contribution is 0.00868. The van der Waals surface area contributed by atoms with Crippen LogP contribution in [0.2, 0.25) is 0 Å². The van der Waals surface area contributed by atoms with Crippen molar-refractivity contribution in [2.24, 2.45) is 0 Å². The van der Waals surface area contributed by atoms with Gasteiger partial charge >= 0.3 is 0 Å². The van der Waals surface area contributed by atoms with Crippen LogP contribution in [0.5, 0.6) is 0 Å². The van der Waals surface area contributed by atoms with E-state index in [4.69, 9.17) is 10.5 Å². The molecule has 0 spiro atoms. The summed E-state index contributed by atoms with van der Waals surface area (Å²) in [5.74, 6) is 0. The topological polar surface area (TPSA) is 38.5 Å². The first-order chi connectivity index (χ1) is 7.94. The predicted octanol–water partition coefficient (Wildman–Crippen LogP) is 2.52. The van der Waals surface area contributed by atoms with Crippen molar-refractivity contribution in [3.63, 3.8) is 0 Å². The standard InChI is InChI=1S/C14H24N2O/c1-14(2,17-4)9-10-16(3)11-12-7-5-6-8-13(12)15/h5-8H,9-11,15H2,1-4H3. The quantitative estimate of drug-likeness (QED) is 0.771. The maximum Gasteiger partial charge on any atom is 0.0634 e. The number of methoxy groups -OCH3 is 1. The van der Waals surface area contributed by atoms with Gasteiger partial charge in [0.15, 0.2) is 0 Å². The van der Waals surface area contributed by atoms with Gasteiger partial charge in [0.1, 0.15) is 0 Å². The zero-order valence-corrected chi connectivity index (χ0v) is 11.4. The van der Waals surface area contributed by atoms with Crippen LogP contribution in [0.4, 0.5) is 5.69 Å². The van der Waals surface area contributed by atoms with Gasteiger partial charge < -0.3 is 15.4 Å². The van der Waals surface area contributed by atoms with Crippen LogP contribution in [0.1, 0.15) is 25.8 Å². The monoisotopic (exact) mass is 236 g/mol. The number of para-hydroxylation sites is 1. The number of anilines is 1. The Bertz CT molecular complexity index is 350. The van der Waals surface area contributed by atoms with Gasteiger partial charge in [-0.25, -0.2) is 0 Å². The van der Waals surface area contributed by atoms with Crippen molar-refractivity contribution in [1.29, 1.82) is 0 Å². The molecule has 1 aromatic carbocycles. The predicted molar refractivity (Wildman–Crippen MR) is 72.9 cm³/mol. The van der Waals surface area contributed by atoms with Gasteiger partial charge in [-0.3, -0.25) is 0 Å². The Hall–Kier alpha value is -1.06. The van der Waals surface area contributed by atoms with Gasteiger partial charge in [0, 0.05) is 25.9 Å². The molecule has 0 unspecified atom stereocenters. The van der Waals surface area contributed by atoms with E-state index in [1.807, 2.05) is 18.2 Å². The van der Waals surface area contributed by atoms with Crippen LogP contribution in [-0.2, 0) is 11.3 Å². The highest BCUT2D eigenvalue weighted by molar-refractivity contribution is 5.46. The van der Waals surface area contributed by atoms with Crippen LogP contribution in [0, 0.1) is 0 Å². The molecule has 0 aliphatic carbocycles. The highest BCUT2D eigenvalue weighted by atomic mass is 16.5. The summed E-state index contributed by atoms with van der Waals surface area (Å²) < 4.78 is 5.41. The number of nitrogens with two attached hydrogens (primary N) is 1. The molecule has 0 radical (unpaired) electrons. The second-order valence-electron chi connectivity index (χ2n) is 5.15. The van der Waals surface area contributed by atoms with Crippen LogP contribution in [-0.4, -0.2) is 31.2 Å². The summed E-state index contributed by atoms with van der Waals surface area (Å²) in [5.41, 5.74) is 7.92. The van der Waals surface area contributed by atoms with Crippen molar-refractivity contribution >= 4 is 5.69 Å². The first-order valence-corrected chi connectivity index (χ1v) is 6.02. The molecule has 17 heavy (non-hydrogen) atoms. The van der Waals surface area contributed by atoms with Gasteiger partial charge in [-0.2, -0.15) is 0 Å². The molecule has 96 valence electrons. The molecule has 0 aliphatic heterocycles. The number of hydrogen-bond donors (Lipinski definition) is 1. The van der Waals surface area contributed by atoms with Crippen LogP contribution >= 0.6 is 0 Å². The Morgan fingerprint density at radius 3 is 2.53 bits per heavy atom. The molecule has 0 saturated heterocycles. The molecule has 0 amide bonds. The second kappa shape index (κ2) is 6.03. The van der Waals surface area contributed by atoms with Crippen LogP contribution in [0.3, 0.4) is 0 Å².